The largest absolute Gasteiger partial charge is 0.422 e. The summed E-state index contributed by atoms with van der Waals surface area (Å²) in [5.41, 5.74) is 3.73. The van der Waals surface area contributed by atoms with E-state index in [2.05, 4.69) is 31.4 Å². The highest BCUT2D eigenvalue weighted by Crippen LogP contribution is 2.43. The van der Waals surface area contributed by atoms with Gasteiger partial charge in [0.25, 0.3) is 6.01 Å². The molecule has 1 aromatic carbocycles. The lowest BCUT2D eigenvalue weighted by atomic mass is 10.0. The average molecular weight is 379 g/mol. The number of pyridine rings is 1. The van der Waals surface area contributed by atoms with Crippen LogP contribution >= 0.6 is 11.6 Å². The van der Waals surface area contributed by atoms with Gasteiger partial charge in [-0.05, 0) is 48.1 Å². The zero-order valence-corrected chi connectivity index (χ0v) is 15.0. The van der Waals surface area contributed by atoms with E-state index in [1.807, 2.05) is 18.2 Å². The lowest BCUT2D eigenvalue weighted by molar-refractivity contribution is 0.567. The van der Waals surface area contributed by atoms with Crippen LogP contribution in [0.5, 0.6) is 0 Å². The number of hydrogen-bond acceptors (Lipinski definition) is 6. The van der Waals surface area contributed by atoms with Gasteiger partial charge in [-0.25, -0.2) is 9.97 Å². The highest BCUT2D eigenvalue weighted by atomic mass is 35.5. The molecule has 0 amide bonds. The van der Waals surface area contributed by atoms with Gasteiger partial charge in [-0.3, -0.25) is 0 Å². The third-order valence-corrected chi connectivity index (χ3v) is 5.47. The summed E-state index contributed by atoms with van der Waals surface area (Å²) in [6.07, 6.45) is 6.46. The molecule has 4 aromatic rings. The van der Waals surface area contributed by atoms with Gasteiger partial charge in [-0.15, -0.1) is 0 Å². The van der Waals surface area contributed by atoms with Crippen LogP contribution in [-0.4, -0.2) is 24.7 Å². The molecule has 0 saturated heterocycles. The van der Waals surface area contributed by atoms with E-state index < -0.39 is 0 Å². The quantitative estimate of drug-likeness (QED) is 0.579. The van der Waals surface area contributed by atoms with Gasteiger partial charge in [0.05, 0.1) is 11.1 Å². The predicted octanol–water partition coefficient (Wildman–Crippen LogP) is 4.04. The molecule has 0 bridgehead atoms. The summed E-state index contributed by atoms with van der Waals surface area (Å²) in [5.74, 6) is 2.21. The Hall–Kier alpha value is -2.93. The van der Waals surface area contributed by atoms with Gasteiger partial charge in [-0.1, -0.05) is 17.7 Å². The van der Waals surface area contributed by atoms with Crippen LogP contribution in [0.1, 0.15) is 41.8 Å². The number of hydrogen-bond donors (Lipinski definition) is 1. The third kappa shape index (κ3) is 2.42. The Morgan fingerprint density at radius 3 is 3.04 bits per heavy atom. The molecular weight excluding hydrogens is 364 g/mol. The number of benzene rings is 1. The maximum absolute atomic E-state index is 6.42. The molecule has 3 aromatic heterocycles. The normalized spacial score (nSPS) is 18.3. The topological polar surface area (TPSA) is 81.7 Å². The first kappa shape index (κ1) is 15.2. The molecule has 8 heteroatoms. The molecule has 2 aliphatic rings. The van der Waals surface area contributed by atoms with Crippen molar-refractivity contribution in [1.82, 2.24) is 24.7 Å². The van der Waals surface area contributed by atoms with Gasteiger partial charge in [0, 0.05) is 12.6 Å². The summed E-state index contributed by atoms with van der Waals surface area (Å²) in [4.78, 5) is 13.4. The Bertz CT molecular complexity index is 1180. The molecule has 6 rings (SSSR count). The molecule has 0 radical (unpaired) electrons. The zero-order valence-electron chi connectivity index (χ0n) is 14.3. The number of nitrogens with zero attached hydrogens (tertiary/aromatic N) is 5. The molecule has 4 heterocycles. The SMILES string of the molecule is Clc1cc(C2CC2)cc2nc(NC3Cc4cccnc4-n4ncnc43)oc12. The van der Waals surface area contributed by atoms with Crippen LogP contribution in [0.2, 0.25) is 5.02 Å². The summed E-state index contributed by atoms with van der Waals surface area (Å²) in [6, 6.07) is 8.38. The monoisotopic (exact) mass is 378 g/mol. The zero-order chi connectivity index (χ0) is 18.0. The Labute approximate surface area is 159 Å². The average Bonchev–Trinajstić information content (AvgIpc) is 3.25. The Balaban J connectivity index is 1.37. The lowest BCUT2D eigenvalue weighted by Gasteiger charge is -2.23. The number of nitrogens with one attached hydrogen (secondary N) is 1. The molecule has 1 fully saturated rings. The number of halogens is 1. The van der Waals surface area contributed by atoms with Gasteiger partial charge in [-0.2, -0.15) is 14.8 Å². The van der Waals surface area contributed by atoms with Gasteiger partial charge in [0.1, 0.15) is 11.8 Å². The molecule has 1 saturated carbocycles. The van der Waals surface area contributed by atoms with Crippen LogP contribution in [0.15, 0.2) is 41.2 Å². The molecule has 27 heavy (non-hydrogen) atoms. The van der Waals surface area contributed by atoms with Gasteiger partial charge in [0.2, 0.25) is 0 Å². The fraction of sp³-hybridized carbons (Fsp3) is 0.263. The molecule has 7 nitrogen and oxygen atoms in total. The fourth-order valence-electron chi connectivity index (χ4n) is 3.73. The number of rotatable bonds is 3. The van der Waals surface area contributed by atoms with Crippen molar-refractivity contribution in [3.63, 3.8) is 0 Å². The summed E-state index contributed by atoms with van der Waals surface area (Å²) in [5, 5.41) is 8.28. The summed E-state index contributed by atoms with van der Waals surface area (Å²) >= 11 is 6.42. The molecule has 1 aliphatic heterocycles. The van der Waals surface area contributed by atoms with Crippen molar-refractivity contribution in [2.24, 2.45) is 0 Å². The minimum atomic E-state index is -0.112. The van der Waals surface area contributed by atoms with Crippen LogP contribution in [0, 0.1) is 0 Å². The molecule has 134 valence electrons. The first-order chi connectivity index (χ1) is 13.3. The predicted molar refractivity (Wildman–Crippen MR) is 100 cm³/mol. The van der Waals surface area contributed by atoms with Gasteiger partial charge in [0.15, 0.2) is 17.2 Å². The maximum atomic E-state index is 6.42. The summed E-state index contributed by atoms with van der Waals surface area (Å²) < 4.78 is 7.67. The van der Waals surface area contributed by atoms with Crippen molar-refractivity contribution < 1.29 is 4.42 Å². The second kappa shape index (κ2) is 5.53. The summed E-state index contributed by atoms with van der Waals surface area (Å²) in [6.45, 7) is 0. The van der Waals surface area contributed by atoms with Crippen molar-refractivity contribution in [3.05, 3.63) is 58.8 Å². The van der Waals surface area contributed by atoms with E-state index >= 15 is 0 Å². The van der Waals surface area contributed by atoms with E-state index in [4.69, 9.17) is 16.0 Å². The molecule has 1 unspecified atom stereocenters. The second-order valence-electron chi connectivity index (χ2n) is 7.06. The number of fused-ring (bicyclic) bond motifs is 4. The highest BCUT2D eigenvalue weighted by molar-refractivity contribution is 6.34. The number of anilines is 1. The smallest absolute Gasteiger partial charge is 0.296 e. The minimum Gasteiger partial charge on any atom is -0.422 e. The number of oxazole rings is 1. The number of aromatic nitrogens is 5. The van der Waals surface area contributed by atoms with Crippen molar-refractivity contribution in [2.75, 3.05) is 5.32 Å². The van der Waals surface area contributed by atoms with E-state index in [0.29, 0.717) is 22.5 Å². The van der Waals surface area contributed by atoms with Crippen molar-refractivity contribution in [1.29, 1.82) is 0 Å². The first-order valence-electron chi connectivity index (χ1n) is 8.97. The van der Waals surface area contributed by atoms with E-state index in [9.17, 15) is 0 Å². The molecule has 1 aliphatic carbocycles. The lowest BCUT2D eigenvalue weighted by Crippen LogP contribution is -2.25. The maximum Gasteiger partial charge on any atom is 0.296 e. The van der Waals surface area contributed by atoms with Gasteiger partial charge < -0.3 is 9.73 Å². The van der Waals surface area contributed by atoms with Crippen LogP contribution in [0.4, 0.5) is 6.01 Å². The Morgan fingerprint density at radius 1 is 1.22 bits per heavy atom. The van der Waals surface area contributed by atoms with Gasteiger partial charge >= 0.3 is 0 Å². The second-order valence-corrected chi connectivity index (χ2v) is 7.47. The Morgan fingerprint density at radius 2 is 2.15 bits per heavy atom. The van der Waals surface area contributed by atoms with Crippen molar-refractivity contribution in [3.8, 4) is 5.82 Å². The third-order valence-electron chi connectivity index (χ3n) is 5.19. The fourth-order valence-corrected chi connectivity index (χ4v) is 4.00. The van der Waals surface area contributed by atoms with Crippen LogP contribution < -0.4 is 5.32 Å². The summed E-state index contributed by atoms with van der Waals surface area (Å²) in [7, 11) is 0. The minimum absolute atomic E-state index is 0.112. The van der Waals surface area contributed by atoms with E-state index in [1.165, 1.54) is 18.4 Å². The van der Waals surface area contributed by atoms with E-state index in [-0.39, 0.29) is 6.04 Å². The van der Waals surface area contributed by atoms with Crippen LogP contribution in [0.25, 0.3) is 16.9 Å². The van der Waals surface area contributed by atoms with Crippen molar-refractivity contribution >= 4 is 28.7 Å². The highest BCUT2D eigenvalue weighted by Gasteiger charge is 2.29. The van der Waals surface area contributed by atoms with Crippen LogP contribution in [-0.2, 0) is 6.42 Å². The first-order valence-corrected chi connectivity index (χ1v) is 9.35. The molecule has 1 atom stereocenters. The molecular formula is C19H15ClN6O. The standard InChI is InChI=1S/C19H15ClN6O/c20-13-6-12(10-3-4-10)8-14-16(13)27-19(24-14)25-15-7-11-2-1-5-21-17(11)26-18(15)22-9-23-26/h1-2,5-6,8-10,15H,3-4,7H2,(H,24,25). The van der Waals surface area contributed by atoms with E-state index in [0.717, 1.165) is 29.1 Å². The van der Waals surface area contributed by atoms with Crippen molar-refractivity contribution in [2.45, 2.75) is 31.2 Å². The van der Waals surface area contributed by atoms with Crippen LogP contribution in [0.3, 0.4) is 0 Å². The molecule has 1 N–H and O–H groups in total. The molecule has 0 spiro atoms. The Kier molecular flexibility index (Phi) is 3.11. The van der Waals surface area contributed by atoms with E-state index in [1.54, 1.807) is 17.2 Å².